The molecule has 1 aromatic carbocycles. The molecule has 3 nitrogen and oxygen atoms in total. The highest BCUT2D eigenvalue weighted by Crippen LogP contribution is 2.50. The summed E-state index contributed by atoms with van der Waals surface area (Å²) in [5.41, 5.74) is 1.03. The van der Waals surface area contributed by atoms with Crippen molar-refractivity contribution in [2.45, 2.75) is 38.1 Å². The number of hydrogen-bond acceptors (Lipinski definition) is 3. The number of halogens is 1. The van der Waals surface area contributed by atoms with Crippen LogP contribution >= 0.6 is 15.9 Å². The van der Waals surface area contributed by atoms with Crippen LogP contribution in [-0.2, 0) is 20.2 Å². The van der Waals surface area contributed by atoms with Crippen LogP contribution in [0.4, 0.5) is 0 Å². The molecule has 3 heterocycles. The fraction of sp³-hybridized carbons (Fsp3) is 0.647. The van der Waals surface area contributed by atoms with Crippen LogP contribution in [0.5, 0.6) is 0 Å². The average Bonchev–Trinajstić information content (AvgIpc) is 2.58. The fourth-order valence-corrected chi connectivity index (χ4v) is 4.20. The minimum atomic E-state index is -0.975. The number of ether oxygens (including phenoxy) is 3. The van der Waals surface area contributed by atoms with E-state index in [1.54, 1.807) is 0 Å². The van der Waals surface area contributed by atoms with Gasteiger partial charge < -0.3 is 14.2 Å². The van der Waals surface area contributed by atoms with E-state index in [4.69, 9.17) is 14.2 Å². The monoisotopic (exact) mass is 352 g/mol. The highest BCUT2D eigenvalue weighted by atomic mass is 79.9. The van der Waals surface area contributed by atoms with Crippen molar-refractivity contribution >= 4 is 15.9 Å². The van der Waals surface area contributed by atoms with Gasteiger partial charge in [0, 0.05) is 15.5 Å². The van der Waals surface area contributed by atoms with E-state index in [0.717, 1.165) is 29.9 Å². The molecule has 0 aromatic heterocycles. The molecule has 0 atom stereocenters. The molecule has 3 aliphatic heterocycles. The summed E-state index contributed by atoms with van der Waals surface area (Å²) < 4.78 is 19.3. The molecule has 0 unspecified atom stereocenters. The topological polar surface area (TPSA) is 27.7 Å². The van der Waals surface area contributed by atoms with Gasteiger partial charge in [0.05, 0.1) is 19.8 Å². The van der Waals surface area contributed by atoms with Gasteiger partial charge in [0.2, 0.25) is 0 Å². The molecule has 4 aliphatic rings. The van der Waals surface area contributed by atoms with Gasteiger partial charge in [-0.1, -0.05) is 35.2 Å². The Hall–Kier alpha value is -0.420. The summed E-state index contributed by atoms with van der Waals surface area (Å²) in [5.74, 6) is -0.286. The van der Waals surface area contributed by atoms with Gasteiger partial charge in [-0.05, 0) is 43.0 Å². The first-order valence-electron chi connectivity index (χ1n) is 7.90. The number of hydrogen-bond donors (Lipinski definition) is 0. The standard InChI is InChI=1S/C17H21BrO3/c18-15-8-6-14(7-9-15)17-19-10-16(11-20-17,12-21-17)13-4-2-1-3-5-13/h6-9,13H,1-5,10-12H2. The van der Waals surface area contributed by atoms with Gasteiger partial charge in [-0.3, -0.25) is 0 Å². The molecule has 5 rings (SSSR count). The van der Waals surface area contributed by atoms with Crippen LogP contribution in [0.2, 0.25) is 0 Å². The summed E-state index contributed by atoms with van der Waals surface area (Å²) in [6, 6.07) is 8.00. The van der Waals surface area contributed by atoms with Crippen molar-refractivity contribution in [3.05, 3.63) is 34.3 Å². The third-order valence-electron chi connectivity index (χ3n) is 5.32. The van der Waals surface area contributed by atoms with Gasteiger partial charge >= 0.3 is 5.97 Å². The molecule has 1 aliphatic carbocycles. The molecule has 1 aromatic rings. The molecule has 114 valence electrons. The second-order valence-electron chi connectivity index (χ2n) is 6.63. The predicted octanol–water partition coefficient (Wildman–Crippen LogP) is 4.20. The zero-order valence-electron chi connectivity index (χ0n) is 12.1. The largest absolute Gasteiger partial charge is 0.323 e. The van der Waals surface area contributed by atoms with E-state index in [1.165, 1.54) is 32.1 Å². The van der Waals surface area contributed by atoms with Gasteiger partial charge in [0.15, 0.2) is 0 Å². The van der Waals surface area contributed by atoms with Crippen molar-refractivity contribution < 1.29 is 14.2 Å². The highest BCUT2D eigenvalue weighted by molar-refractivity contribution is 9.10. The van der Waals surface area contributed by atoms with Crippen LogP contribution in [0, 0.1) is 11.3 Å². The molecular weight excluding hydrogens is 332 g/mol. The first kappa shape index (κ1) is 14.2. The first-order chi connectivity index (χ1) is 10.2. The van der Waals surface area contributed by atoms with Gasteiger partial charge in [-0.2, -0.15) is 0 Å². The Morgan fingerprint density at radius 1 is 0.857 bits per heavy atom. The average molecular weight is 353 g/mol. The molecule has 2 bridgehead atoms. The maximum absolute atomic E-state index is 6.09. The van der Waals surface area contributed by atoms with Crippen molar-refractivity contribution in [3.63, 3.8) is 0 Å². The minimum absolute atomic E-state index is 0.0809. The molecule has 4 heteroatoms. The molecular formula is C17H21BrO3. The normalized spacial score (nSPS) is 36.8. The zero-order valence-corrected chi connectivity index (χ0v) is 13.7. The summed E-state index contributed by atoms with van der Waals surface area (Å²) in [6.07, 6.45) is 6.63. The summed E-state index contributed by atoms with van der Waals surface area (Å²) in [4.78, 5) is 0. The second-order valence-corrected chi connectivity index (χ2v) is 7.54. The SMILES string of the molecule is Brc1ccc(C23OCC(C4CCCCC4)(CO2)CO3)cc1. The third kappa shape index (κ3) is 2.37. The molecule has 0 amide bonds. The number of fused-ring (bicyclic) bond motifs is 3. The predicted molar refractivity (Wildman–Crippen MR) is 82.7 cm³/mol. The van der Waals surface area contributed by atoms with Gasteiger partial charge in [0.25, 0.3) is 0 Å². The lowest BCUT2D eigenvalue weighted by Crippen LogP contribution is -2.61. The van der Waals surface area contributed by atoms with Crippen LogP contribution in [-0.4, -0.2) is 19.8 Å². The van der Waals surface area contributed by atoms with Crippen LogP contribution in [0.25, 0.3) is 0 Å². The molecule has 4 fully saturated rings. The summed E-state index contributed by atoms with van der Waals surface area (Å²) >= 11 is 3.46. The van der Waals surface area contributed by atoms with Crippen LogP contribution < -0.4 is 0 Å². The Bertz CT molecular complexity index is 483. The highest BCUT2D eigenvalue weighted by Gasteiger charge is 2.56. The van der Waals surface area contributed by atoms with Crippen molar-refractivity contribution in [3.8, 4) is 0 Å². The van der Waals surface area contributed by atoms with Crippen molar-refractivity contribution in [2.24, 2.45) is 11.3 Å². The van der Waals surface area contributed by atoms with E-state index in [9.17, 15) is 0 Å². The number of rotatable bonds is 2. The Balaban J connectivity index is 1.53. The quantitative estimate of drug-likeness (QED) is 0.798. The van der Waals surface area contributed by atoms with Gasteiger partial charge in [0.1, 0.15) is 0 Å². The summed E-state index contributed by atoms with van der Waals surface area (Å²) in [7, 11) is 0. The van der Waals surface area contributed by atoms with Crippen LogP contribution in [0.15, 0.2) is 28.7 Å². The maximum atomic E-state index is 6.09. The Morgan fingerprint density at radius 3 is 2.00 bits per heavy atom. The van der Waals surface area contributed by atoms with Gasteiger partial charge in [-0.15, -0.1) is 0 Å². The van der Waals surface area contributed by atoms with E-state index in [1.807, 2.05) is 24.3 Å². The fourth-order valence-electron chi connectivity index (χ4n) is 3.94. The van der Waals surface area contributed by atoms with E-state index in [2.05, 4.69) is 15.9 Å². The van der Waals surface area contributed by atoms with E-state index in [-0.39, 0.29) is 5.41 Å². The van der Waals surface area contributed by atoms with Crippen LogP contribution in [0.1, 0.15) is 37.7 Å². The van der Waals surface area contributed by atoms with E-state index >= 15 is 0 Å². The smallest absolute Gasteiger partial charge is 0.312 e. The van der Waals surface area contributed by atoms with E-state index < -0.39 is 5.97 Å². The molecule has 1 saturated carbocycles. The van der Waals surface area contributed by atoms with E-state index in [0.29, 0.717) is 5.92 Å². The Morgan fingerprint density at radius 2 is 1.43 bits per heavy atom. The second kappa shape index (κ2) is 5.34. The lowest BCUT2D eigenvalue weighted by molar-refractivity contribution is -0.486. The Kier molecular flexibility index (Phi) is 3.61. The minimum Gasteiger partial charge on any atom is -0.323 e. The summed E-state index contributed by atoms with van der Waals surface area (Å²) in [5, 5.41) is 0. The molecule has 0 N–H and O–H groups in total. The maximum Gasteiger partial charge on any atom is 0.312 e. The summed E-state index contributed by atoms with van der Waals surface area (Å²) in [6.45, 7) is 2.27. The van der Waals surface area contributed by atoms with Crippen molar-refractivity contribution in [1.29, 1.82) is 0 Å². The van der Waals surface area contributed by atoms with Crippen LogP contribution in [0.3, 0.4) is 0 Å². The zero-order chi connectivity index (χ0) is 14.3. The lowest BCUT2D eigenvalue weighted by atomic mass is 9.69. The molecule has 0 spiro atoms. The van der Waals surface area contributed by atoms with Crippen molar-refractivity contribution in [2.75, 3.05) is 19.8 Å². The Labute approximate surface area is 134 Å². The van der Waals surface area contributed by atoms with Crippen molar-refractivity contribution in [1.82, 2.24) is 0 Å². The third-order valence-corrected chi connectivity index (χ3v) is 5.85. The molecule has 0 radical (unpaired) electrons. The molecule has 3 saturated heterocycles. The lowest BCUT2D eigenvalue weighted by Gasteiger charge is -2.55. The first-order valence-corrected chi connectivity index (χ1v) is 8.70. The van der Waals surface area contributed by atoms with Gasteiger partial charge in [-0.25, -0.2) is 0 Å². The molecule has 21 heavy (non-hydrogen) atoms. The number of benzene rings is 1.